The minimum Gasteiger partial charge on any atom is -0.356 e. The number of nitrogens with zero attached hydrogens (tertiary/aromatic N) is 1. The molecule has 1 aliphatic rings. The lowest BCUT2D eigenvalue weighted by molar-refractivity contribution is -0.120. The van der Waals surface area contributed by atoms with Gasteiger partial charge in [0.2, 0.25) is 5.91 Å². The van der Waals surface area contributed by atoms with Crippen LogP contribution in [-0.2, 0) is 11.2 Å². The van der Waals surface area contributed by atoms with E-state index < -0.39 is 0 Å². The molecule has 1 aliphatic heterocycles. The van der Waals surface area contributed by atoms with Crippen LogP contribution >= 0.6 is 0 Å². The monoisotopic (exact) mass is 292 g/mol. The van der Waals surface area contributed by atoms with Crippen molar-refractivity contribution in [3.05, 3.63) is 35.6 Å². The van der Waals surface area contributed by atoms with E-state index in [0.717, 1.165) is 31.5 Å². The van der Waals surface area contributed by atoms with Crippen LogP contribution in [0.5, 0.6) is 0 Å². The third-order valence-corrected chi connectivity index (χ3v) is 3.95. The number of benzene rings is 1. The molecule has 0 spiro atoms. The van der Waals surface area contributed by atoms with E-state index in [1.54, 1.807) is 12.1 Å². The van der Waals surface area contributed by atoms with Gasteiger partial charge in [0, 0.05) is 6.54 Å². The predicted molar refractivity (Wildman–Crippen MR) is 82.6 cm³/mol. The Balaban J connectivity index is 1.53. The second-order valence-electron chi connectivity index (χ2n) is 5.76. The molecule has 1 heterocycles. The Morgan fingerprint density at radius 3 is 2.52 bits per heavy atom. The average molecular weight is 292 g/mol. The molecular weight excluding hydrogens is 267 g/mol. The topological polar surface area (TPSA) is 32.3 Å². The van der Waals surface area contributed by atoms with E-state index in [2.05, 4.69) is 10.2 Å². The molecule has 0 aromatic heterocycles. The molecule has 2 rings (SSSR count). The first-order valence-electron chi connectivity index (χ1n) is 7.97. The molecule has 116 valence electrons. The molecule has 0 unspecified atom stereocenters. The molecule has 0 saturated carbocycles. The normalized spacial score (nSPS) is 15.9. The number of rotatable bonds is 7. The SMILES string of the molecule is O=C(Cc1ccc(F)cc1)NCCCCN1CCCCC1. The van der Waals surface area contributed by atoms with Gasteiger partial charge in [0.15, 0.2) is 0 Å². The molecule has 1 N–H and O–H groups in total. The standard InChI is InChI=1S/C17H25FN2O/c18-16-8-6-15(7-9-16)14-17(21)19-10-2-5-13-20-11-3-1-4-12-20/h6-9H,1-5,10-14H2,(H,19,21). The summed E-state index contributed by atoms with van der Waals surface area (Å²) in [5.74, 6) is -0.253. The number of likely N-dealkylation sites (tertiary alicyclic amines) is 1. The summed E-state index contributed by atoms with van der Waals surface area (Å²) in [5, 5.41) is 2.93. The van der Waals surface area contributed by atoms with Crippen molar-refractivity contribution >= 4 is 5.91 Å². The zero-order valence-electron chi connectivity index (χ0n) is 12.6. The largest absolute Gasteiger partial charge is 0.356 e. The van der Waals surface area contributed by atoms with Gasteiger partial charge in [0.1, 0.15) is 5.82 Å². The Bertz CT molecular complexity index is 427. The lowest BCUT2D eigenvalue weighted by Gasteiger charge is -2.26. The summed E-state index contributed by atoms with van der Waals surface area (Å²) in [5.41, 5.74) is 0.849. The lowest BCUT2D eigenvalue weighted by atomic mass is 10.1. The van der Waals surface area contributed by atoms with Gasteiger partial charge in [-0.3, -0.25) is 4.79 Å². The molecule has 0 atom stereocenters. The maximum Gasteiger partial charge on any atom is 0.224 e. The number of carbonyl (C=O) groups is 1. The molecular formula is C17H25FN2O. The Hall–Kier alpha value is -1.42. The fraction of sp³-hybridized carbons (Fsp3) is 0.588. The molecule has 1 amide bonds. The van der Waals surface area contributed by atoms with Gasteiger partial charge in [-0.05, 0) is 63.0 Å². The summed E-state index contributed by atoms with van der Waals surface area (Å²) in [4.78, 5) is 14.3. The zero-order valence-corrected chi connectivity index (χ0v) is 12.6. The van der Waals surface area contributed by atoms with Gasteiger partial charge in [-0.25, -0.2) is 4.39 Å². The maximum absolute atomic E-state index is 12.8. The van der Waals surface area contributed by atoms with Crippen molar-refractivity contribution in [2.45, 2.75) is 38.5 Å². The number of halogens is 1. The van der Waals surface area contributed by atoms with E-state index in [1.807, 2.05) is 0 Å². The van der Waals surface area contributed by atoms with Crippen LogP contribution in [0.4, 0.5) is 4.39 Å². The highest BCUT2D eigenvalue weighted by Gasteiger charge is 2.09. The third kappa shape index (κ3) is 6.25. The number of unbranched alkanes of at least 4 members (excludes halogenated alkanes) is 1. The smallest absolute Gasteiger partial charge is 0.224 e. The van der Waals surface area contributed by atoms with E-state index >= 15 is 0 Å². The highest BCUT2D eigenvalue weighted by Crippen LogP contribution is 2.09. The van der Waals surface area contributed by atoms with Crippen molar-refractivity contribution in [3.8, 4) is 0 Å². The highest BCUT2D eigenvalue weighted by atomic mass is 19.1. The van der Waals surface area contributed by atoms with Crippen molar-refractivity contribution in [2.24, 2.45) is 0 Å². The van der Waals surface area contributed by atoms with Crippen LogP contribution in [0, 0.1) is 5.82 Å². The van der Waals surface area contributed by atoms with Crippen molar-refractivity contribution in [1.29, 1.82) is 0 Å². The quantitative estimate of drug-likeness (QED) is 0.784. The van der Waals surface area contributed by atoms with Crippen LogP contribution in [0.3, 0.4) is 0 Å². The summed E-state index contributed by atoms with van der Waals surface area (Å²) in [7, 11) is 0. The zero-order chi connectivity index (χ0) is 14.9. The van der Waals surface area contributed by atoms with Gasteiger partial charge in [0.25, 0.3) is 0 Å². The number of carbonyl (C=O) groups excluding carboxylic acids is 1. The Morgan fingerprint density at radius 1 is 1.10 bits per heavy atom. The fourth-order valence-corrected chi connectivity index (χ4v) is 2.72. The molecule has 0 radical (unpaired) electrons. The average Bonchev–Trinajstić information content (AvgIpc) is 2.50. The van der Waals surface area contributed by atoms with E-state index in [0.29, 0.717) is 6.42 Å². The number of hydrogen-bond acceptors (Lipinski definition) is 2. The molecule has 0 aliphatic carbocycles. The van der Waals surface area contributed by atoms with Crippen molar-refractivity contribution in [2.75, 3.05) is 26.2 Å². The number of nitrogens with one attached hydrogen (secondary N) is 1. The Morgan fingerprint density at radius 2 is 1.81 bits per heavy atom. The third-order valence-electron chi connectivity index (χ3n) is 3.95. The van der Waals surface area contributed by atoms with Crippen LogP contribution in [0.1, 0.15) is 37.7 Å². The van der Waals surface area contributed by atoms with Crippen LogP contribution in [0.2, 0.25) is 0 Å². The summed E-state index contributed by atoms with van der Waals surface area (Å²) >= 11 is 0. The molecule has 4 heteroatoms. The molecule has 3 nitrogen and oxygen atoms in total. The van der Waals surface area contributed by atoms with Gasteiger partial charge in [0.05, 0.1) is 6.42 Å². The molecule has 1 fully saturated rings. The van der Waals surface area contributed by atoms with Gasteiger partial charge in [-0.1, -0.05) is 18.6 Å². The number of amides is 1. The van der Waals surface area contributed by atoms with Crippen LogP contribution in [-0.4, -0.2) is 37.0 Å². The molecule has 21 heavy (non-hydrogen) atoms. The number of piperidine rings is 1. The summed E-state index contributed by atoms with van der Waals surface area (Å²) in [6.07, 6.45) is 6.51. The van der Waals surface area contributed by atoms with E-state index in [4.69, 9.17) is 0 Å². The van der Waals surface area contributed by atoms with Gasteiger partial charge in [-0.15, -0.1) is 0 Å². The lowest BCUT2D eigenvalue weighted by Crippen LogP contribution is -2.31. The predicted octanol–water partition coefficient (Wildman–Crippen LogP) is 2.75. The molecule has 0 bridgehead atoms. The Labute approximate surface area is 126 Å². The van der Waals surface area contributed by atoms with E-state index in [9.17, 15) is 9.18 Å². The van der Waals surface area contributed by atoms with E-state index in [-0.39, 0.29) is 11.7 Å². The second-order valence-corrected chi connectivity index (χ2v) is 5.76. The summed E-state index contributed by atoms with van der Waals surface area (Å²) < 4.78 is 12.8. The minimum atomic E-state index is -0.267. The van der Waals surface area contributed by atoms with Gasteiger partial charge in [-0.2, -0.15) is 0 Å². The molecule has 1 saturated heterocycles. The first-order chi connectivity index (χ1) is 10.2. The van der Waals surface area contributed by atoms with Crippen LogP contribution in [0.15, 0.2) is 24.3 Å². The van der Waals surface area contributed by atoms with Crippen LogP contribution in [0.25, 0.3) is 0 Å². The fourth-order valence-electron chi connectivity index (χ4n) is 2.72. The van der Waals surface area contributed by atoms with Crippen LogP contribution < -0.4 is 5.32 Å². The maximum atomic E-state index is 12.8. The second kappa shape index (κ2) is 8.78. The van der Waals surface area contributed by atoms with E-state index in [1.165, 1.54) is 44.5 Å². The summed E-state index contributed by atoms with van der Waals surface area (Å²) in [6.45, 7) is 4.34. The first kappa shape index (κ1) is 16.0. The van der Waals surface area contributed by atoms with Gasteiger partial charge >= 0.3 is 0 Å². The van der Waals surface area contributed by atoms with Gasteiger partial charge < -0.3 is 10.2 Å². The molecule has 1 aromatic rings. The molecule has 1 aromatic carbocycles. The van der Waals surface area contributed by atoms with Crippen molar-refractivity contribution in [3.63, 3.8) is 0 Å². The first-order valence-corrected chi connectivity index (χ1v) is 7.97. The summed E-state index contributed by atoms with van der Waals surface area (Å²) in [6, 6.07) is 6.10. The highest BCUT2D eigenvalue weighted by molar-refractivity contribution is 5.78. The Kier molecular flexibility index (Phi) is 6.67. The van der Waals surface area contributed by atoms with Crippen molar-refractivity contribution in [1.82, 2.24) is 10.2 Å². The number of hydrogen-bond donors (Lipinski definition) is 1. The minimum absolute atomic E-state index is 0.0135. The van der Waals surface area contributed by atoms with Crippen molar-refractivity contribution < 1.29 is 9.18 Å².